The molecular formula is C11H18N4O2S. The van der Waals surface area contributed by atoms with Gasteiger partial charge in [0.15, 0.2) is 5.16 Å². The molecule has 6 nitrogen and oxygen atoms in total. The number of nitrogens with zero attached hydrogens (tertiary/aromatic N) is 2. The third kappa shape index (κ3) is 3.16. The van der Waals surface area contributed by atoms with Crippen molar-refractivity contribution in [2.75, 3.05) is 5.75 Å². The molecular weight excluding hydrogens is 252 g/mol. The largest absolute Gasteiger partial charge is 0.353 e. The second kappa shape index (κ2) is 5.60. The van der Waals surface area contributed by atoms with E-state index in [-0.39, 0.29) is 23.7 Å². The molecule has 1 aliphatic carbocycles. The van der Waals surface area contributed by atoms with Crippen molar-refractivity contribution in [2.45, 2.75) is 50.4 Å². The Balaban J connectivity index is 1.90. The van der Waals surface area contributed by atoms with E-state index in [1.54, 1.807) is 4.57 Å². The van der Waals surface area contributed by atoms with Gasteiger partial charge in [-0.15, -0.1) is 5.10 Å². The Morgan fingerprint density at radius 2 is 2.39 bits per heavy atom. The Labute approximate surface area is 110 Å². The highest BCUT2D eigenvalue weighted by atomic mass is 32.2. The van der Waals surface area contributed by atoms with Crippen LogP contribution in [-0.4, -0.2) is 32.5 Å². The summed E-state index contributed by atoms with van der Waals surface area (Å²) < 4.78 is 1.65. The van der Waals surface area contributed by atoms with E-state index in [2.05, 4.69) is 15.5 Å². The molecule has 1 atom stereocenters. The Morgan fingerprint density at radius 1 is 1.67 bits per heavy atom. The molecule has 1 fully saturated rings. The lowest BCUT2D eigenvalue weighted by molar-refractivity contribution is -0.119. The molecule has 1 saturated carbocycles. The first-order valence-corrected chi connectivity index (χ1v) is 7.19. The Hall–Kier alpha value is -1.24. The fraction of sp³-hybridized carbons (Fsp3) is 0.727. The summed E-state index contributed by atoms with van der Waals surface area (Å²) in [5.74, 6) is 0.272. The number of amides is 1. The van der Waals surface area contributed by atoms with Crippen LogP contribution in [0.4, 0.5) is 0 Å². The minimum atomic E-state index is -0.178. The maximum Gasteiger partial charge on any atom is 0.344 e. The van der Waals surface area contributed by atoms with E-state index < -0.39 is 0 Å². The van der Waals surface area contributed by atoms with Crippen molar-refractivity contribution in [3.05, 3.63) is 10.5 Å². The number of H-pyrrole nitrogens is 1. The lowest BCUT2D eigenvalue weighted by atomic mass is 10.3. The number of rotatable bonds is 6. The number of thioether (sulfide) groups is 1. The predicted octanol–water partition coefficient (Wildman–Crippen LogP) is 0.913. The molecule has 0 spiro atoms. The fourth-order valence-corrected chi connectivity index (χ4v) is 2.42. The molecule has 0 aliphatic heterocycles. The van der Waals surface area contributed by atoms with E-state index in [1.807, 2.05) is 13.8 Å². The minimum Gasteiger partial charge on any atom is -0.353 e. The number of aromatic nitrogens is 3. The van der Waals surface area contributed by atoms with Gasteiger partial charge in [-0.3, -0.25) is 9.36 Å². The van der Waals surface area contributed by atoms with Crippen molar-refractivity contribution in [2.24, 2.45) is 0 Å². The highest BCUT2D eigenvalue weighted by Crippen LogP contribution is 2.35. The van der Waals surface area contributed by atoms with Crippen molar-refractivity contribution in [1.82, 2.24) is 20.1 Å². The first kappa shape index (κ1) is 13.2. The minimum absolute atomic E-state index is 0.0212. The van der Waals surface area contributed by atoms with Crippen LogP contribution in [0.15, 0.2) is 9.95 Å². The standard InChI is InChI=1S/C11H18N4O2S/c1-3-7(2)12-9(16)6-18-11-14-13-10(17)15(11)8-4-5-8/h7-8H,3-6H2,1-2H3,(H,12,16)(H,13,17)/t7-/m1/s1. The van der Waals surface area contributed by atoms with E-state index in [1.165, 1.54) is 11.8 Å². The van der Waals surface area contributed by atoms with Gasteiger partial charge in [0, 0.05) is 12.1 Å². The maximum absolute atomic E-state index is 11.6. The van der Waals surface area contributed by atoms with Gasteiger partial charge >= 0.3 is 5.69 Å². The average molecular weight is 270 g/mol. The fourth-order valence-electron chi connectivity index (χ4n) is 1.60. The summed E-state index contributed by atoms with van der Waals surface area (Å²) in [6.07, 6.45) is 2.95. The zero-order chi connectivity index (χ0) is 13.1. The summed E-state index contributed by atoms with van der Waals surface area (Å²) in [6.45, 7) is 3.99. The molecule has 1 amide bonds. The molecule has 0 aromatic carbocycles. The lowest BCUT2D eigenvalue weighted by Crippen LogP contribution is -2.33. The third-order valence-corrected chi connectivity index (χ3v) is 3.89. The molecule has 18 heavy (non-hydrogen) atoms. The number of nitrogens with one attached hydrogen (secondary N) is 2. The average Bonchev–Trinajstić information content (AvgIpc) is 3.11. The van der Waals surface area contributed by atoms with Crippen molar-refractivity contribution < 1.29 is 4.79 Å². The summed E-state index contributed by atoms with van der Waals surface area (Å²) in [5, 5.41) is 9.89. The van der Waals surface area contributed by atoms with Crippen LogP contribution in [0.25, 0.3) is 0 Å². The van der Waals surface area contributed by atoms with Crippen molar-refractivity contribution in [3.63, 3.8) is 0 Å². The molecule has 0 unspecified atom stereocenters. The Bertz CT molecular complexity index is 478. The van der Waals surface area contributed by atoms with E-state index in [9.17, 15) is 9.59 Å². The molecule has 2 N–H and O–H groups in total. The second-order valence-electron chi connectivity index (χ2n) is 4.58. The first-order valence-electron chi connectivity index (χ1n) is 6.21. The topological polar surface area (TPSA) is 79.8 Å². The number of hydrogen-bond acceptors (Lipinski definition) is 4. The van der Waals surface area contributed by atoms with Gasteiger partial charge in [0.1, 0.15) is 0 Å². The van der Waals surface area contributed by atoms with Gasteiger partial charge in [0.2, 0.25) is 5.91 Å². The van der Waals surface area contributed by atoms with Gasteiger partial charge in [-0.1, -0.05) is 18.7 Å². The number of hydrogen-bond donors (Lipinski definition) is 2. The monoisotopic (exact) mass is 270 g/mol. The molecule has 2 rings (SSSR count). The molecule has 7 heteroatoms. The quantitative estimate of drug-likeness (QED) is 0.753. The molecule has 0 saturated heterocycles. The molecule has 1 heterocycles. The van der Waals surface area contributed by atoms with Gasteiger partial charge < -0.3 is 5.32 Å². The predicted molar refractivity (Wildman–Crippen MR) is 69.7 cm³/mol. The number of carbonyl (C=O) groups is 1. The van der Waals surface area contributed by atoms with E-state index in [4.69, 9.17) is 0 Å². The van der Waals surface area contributed by atoms with Crippen LogP contribution >= 0.6 is 11.8 Å². The van der Waals surface area contributed by atoms with Gasteiger partial charge in [-0.2, -0.15) is 0 Å². The highest BCUT2D eigenvalue weighted by molar-refractivity contribution is 7.99. The Morgan fingerprint density at radius 3 is 3.00 bits per heavy atom. The van der Waals surface area contributed by atoms with Crippen LogP contribution in [0.3, 0.4) is 0 Å². The summed E-state index contributed by atoms with van der Waals surface area (Å²) in [7, 11) is 0. The van der Waals surface area contributed by atoms with E-state index in [0.29, 0.717) is 10.9 Å². The van der Waals surface area contributed by atoms with E-state index in [0.717, 1.165) is 19.3 Å². The SMILES string of the molecule is CC[C@@H](C)NC(=O)CSc1n[nH]c(=O)n1C1CC1. The zero-order valence-corrected chi connectivity index (χ0v) is 11.4. The van der Waals surface area contributed by atoms with Crippen molar-refractivity contribution in [1.29, 1.82) is 0 Å². The Kier molecular flexibility index (Phi) is 4.11. The molecule has 1 aromatic heterocycles. The van der Waals surface area contributed by atoms with Gasteiger partial charge in [-0.05, 0) is 26.2 Å². The second-order valence-corrected chi connectivity index (χ2v) is 5.52. The van der Waals surface area contributed by atoms with Crippen LogP contribution < -0.4 is 11.0 Å². The van der Waals surface area contributed by atoms with Crippen molar-refractivity contribution >= 4 is 17.7 Å². The normalized spacial score (nSPS) is 16.6. The van der Waals surface area contributed by atoms with Gasteiger partial charge in [0.25, 0.3) is 0 Å². The third-order valence-electron chi connectivity index (χ3n) is 2.94. The van der Waals surface area contributed by atoms with Crippen LogP contribution in [0.1, 0.15) is 39.2 Å². The smallest absolute Gasteiger partial charge is 0.344 e. The number of aromatic amines is 1. The molecule has 100 valence electrons. The first-order chi connectivity index (χ1) is 8.61. The van der Waals surface area contributed by atoms with E-state index >= 15 is 0 Å². The van der Waals surface area contributed by atoms with Crippen LogP contribution in [0.2, 0.25) is 0 Å². The van der Waals surface area contributed by atoms with Crippen LogP contribution in [-0.2, 0) is 4.79 Å². The highest BCUT2D eigenvalue weighted by Gasteiger charge is 2.28. The summed E-state index contributed by atoms with van der Waals surface area (Å²) >= 11 is 1.31. The maximum atomic E-state index is 11.6. The van der Waals surface area contributed by atoms with Gasteiger partial charge in [0.05, 0.1) is 5.75 Å². The van der Waals surface area contributed by atoms with Gasteiger partial charge in [-0.25, -0.2) is 9.89 Å². The summed E-state index contributed by atoms with van der Waals surface area (Å²) in [6, 6.07) is 0.458. The molecule has 1 aliphatic rings. The van der Waals surface area contributed by atoms with Crippen molar-refractivity contribution in [3.8, 4) is 0 Å². The number of carbonyl (C=O) groups excluding carboxylic acids is 1. The van der Waals surface area contributed by atoms with Crippen LogP contribution in [0.5, 0.6) is 0 Å². The zero-order valence-electron chi connectivity index (χ0n) is 10.6. The lowest BCUT2D eigenvalue weighted by Gasteiger charge is -2.10. The molecule has 0 radical (unpaired) electrons. The van der Waals surface area contributed by atoms with Crippen LogP contribution in [0, 0.1) is 0 Å². The molecule has 0 bridgehead atoms. The summed E-state index contributed by atoms with van der Waals surface area (Å²) in [4.78, 5) is 23.2. The summed E-state index contributed by atoms with van der Waals surface area (Å²) in [5.41, 5.74) is -0.178. The molecule has 1 aromatic rings.